The second kappa shape index (κ2) is 10.1. The summed E-state index contributed by atoms with van der Waals surface area (Å²) in [5.74, 6) is 2.25. The fourth-order valence-electron chi connectivity index (χ4n) is 5.27. The van der Waals surface area contributed by atoms with E-state index in [2.05, 4.69) is 44.9 Å². The SMILES string of the molecule is COc1cc(Nc2nc(Nc3cccc(O)c3)c3c(C)csc3n2)ccc1N1CCC(N2CCC2)CC1. The molecule has 0 amide bonds. The first-order valence-corrected chi connectivity index (χ1v) is 13.7. The number of aromatic hydroxyl groups is 1. The molecule has 2 aromatic carbocycles. The summed E-state index contributed by atoms with van der Waals surface area (Å²) in [7, 11) is 1.73. The van der Waals surface area contributed by atoms with Crippen molar-refractivity contribution in [3.05, 3.63) is 53.4 Å². The van der Waals surface area contributed by atoms with E-state index in [0.29, 0.717) is 11.8 Å². The molecule has 8 nitrogen and oxygen atoms in total. The summed E-state index contributed by atoms with van der Waals surface area (Å²) < 4.78 is 5.80. The molecule has 2 saturated heterocycles. The van der Waals surface area contributed by atoms with E-state index in [4.69, 9.17) is 14.7 Å². The van der Waals surface area contributed by atoms with Crippen molar-refractivity contribution in [1.29, 1.82) is 0 Å². The molecular formula is C28H32N6O2S. The molecule has 0 spiro atoms. The summed E-state index contributed by atoms with van der Waals surface area (Å²) in [5.41, 5.74) is 3.87. The number of ether oxygens (including phenoxy) is 1. The molecule has 0 aliphatic carbocycles. The maximum atomic E-state index is 9.89. The summed E-state index contributed by atoms with van der Waals surface area (Å²) in [6, 6.07) is 14.0. The van der Waals surface area contributed by atoms with Crippen molar-refractivity contribution >= 4 is 50.4 Å². The van der Waals surface area contributed by atoms with Crippen LogP contribution in [0.1, 0.15) is 24.8 Å². The first kappa shape index (κ1) is 23.8. The lowest BCUT2D eigenvalue weighted by Gasteiger charge is -2.43. The third-order valence-corrected chi connectivity index (χ3v) is 8.36. The van der Waals surface area contributed by atoms with Crippen molar-refractivity contribution in [1.82, 2.24) is 14.9 Å². The van der Waals surface area contributed by atoms with Gasteiger partial charge in [0.1, 0.15) is 22.1 Å². The molecule has 2 fully saturated rings. The summed E-state index contributed by atoms with van der Waals surface area (Å²) in [6.45, 7) is 6.67. The summed E-state index contributed by atoms with van der Waals surface area (Å²) in [5, 5.41) is 19.7. The van der Waals surface area contributed by atoms with E-state index in [9.17, 15) is 5.11 Å². The number of nitrogens with zero attached hydrogens (tertiary/aromatic N) is 4. The number of hydrogen-bond donors (Lipinski definition) is 3. The molecular weight excluding hydrogens is 484 g/mol. The Bertz CT molecular complexity index is 1410. The van der Waals surface area contributed by atoms with Gasteiger partial charge in [0.05, 0.1) is 18.2 Å². The van der Waals surface area contributed by atoms with Gasteiger partial charge in [0, 0.05) is 42.6 Å². The van der Waals surface area contributed by atoms with E-state index < -0.39 is 0 Å². The zero-order valence-electron chi connectivity index (χ0n) is 21.2. The normalized spacial score (nSPS) is 16.5. The highest BCUT2D eigenvalue weighted by atomic mass is 32.1. The number of anilines is 5. The van der Waals surface area contributed by atoms with Crippen LogP contribution in [0.15, 0.2) is 47.8 Å². The van der Waals surface area contributed by atoms with Crippen LogP contribution in [0.4, 0.5) is 28.8 Å². The number of thiophene rings is 1. The van der Waals surface area contributed by atoms with Crippen LogP contribution >= 0.6 is 11.3 Å². The quantitative estimate of drug-likeness (QED) is 0.281. The highest BCUT2D eigenvalue weighted by Crippen LogP contribution is 2.36. The monoisotopic (exact) mass is 516 g/mol. The van der Waals surface area contributed by atoms with E-state index in [1.165, 1.54) is 32.4 Å². The predicted molar refractivity (Wildman–Crippen MR) is 151 cm³/mol. The number of rotatable bonds is 7. The minimum atomic E-state index is 0.202. The molecule has 9 heteroatoms. The Labute approximate surface area is 220 Å². The van der Waals surface area contributed by atoms with Crippen molar-refractivity contribution in [2.75, 3.05) is 48.8 Å². The van der Waals surface area contributed by atoms with Gasteiger partial charge in [0.25, 0.3) is 0 Å². The van der Waals surface area contributed by atoms with E-state index in [0.717, 1.165) is 57.7 Å². The maximum absolute atomic E-state index is 9.89. The molecule has 4 aromatic rings. The molecule has 2 aliphatic heterocycles. The van der Waals surface area contributed by atoms with Crippen molar-refractivity contribution in [2.24, 2.45) is 0 Å². The van der Waals surface area contributed by atoms with Crippen LogP contribution in [0.25, 0.3) is 10.2 Å². The number of piperidine rings is 1. The number of nitrogens with one attached hydrogen (secondary N) is 2. The average molecular weight is 517 g/mol. The molecule has 0 bridgehead atoms. The first-order valence-electron chi connectivity index (χ1n) is 12.8. The zero-order valence-corrected chi connectivity index (χ0v) is 22.0. The van der Waals surface area contributed by atoms with Crippen LogP contribution in [0.2, 0.25) is 0 Å². The van der Waals surface area contributed by atoms with Crippen LogP contribution in [0.5, 0.6) is 11.5 Å². The fourth-order valence-corrected chi connectivity index (χ4v) is 6.20. The molecule has 0 radical (unpaired) electrons. The Balaban J connectivity index is 1.23. The first-order chi connectivity index (χ1) is 18.1. The van der Waals surface area contributed by atoms with Gasteiger partial charge < -0.3 is 30.3 Å². The molecule has 6 rings (SSSR count). The highest BCUT2D eigenvalue weighted by Gasteiger charge is 2.28. The number of methoxy groups -OCH3 is 1. The number of phenols is 1. The zero-order chi connectivity index (χ0) is 25.4. The molecule has 0 saturated carbocycles. The summed E-state index contributed by atoms with van der Waals surface area (Å²) >= 11 is 1.59. The number of likely N-dealkylation sites (tertiary alicyclic amines) is 1. The van der Waals surface area contributed by atoms with Gasteiger partial charge in [0.2, 0.25) is 5.95 Å². The Morgan fingerprint density at radius 1 is 1.00 bits per heavy atom. The molecule has 37 heavy (non-hydrogen) atoms. The minimum Gasteiger partial charge on any atom is -0.508 e. The molecule has 0 atom stereocenters. The highest BCUT2D eigenvalue weighted by molar-refractivity contribution is 7.17. The van der Waals surface area contributed by atoms with Crippen molar-refractivity contribution in [3.63, 3.8) is 0 Å². The molecule has 3 N–H and O–H groups in total. The van der Waals surface area contributed by atoms with Crippen LogP contribution in [-0.4, -0.2) is 59.3 Å². The number of phenolic OH excluding ortho intramolecular Hbond substituents is 1. The Kier molecular flexibility index (Phi) is 6.48. The van der Waals surface area contributed by atoms with Crippen LogP contribution < -0.4 is 20.3 Å². The molecule has 192 valence electrons. The number of hydrogen-bond acceptors (Lipinski definition) is 9. The van der Waals surface area contributed by atoms with E-state index >= 15 is 0 Å². The van der Waals surface area contributed by atoms with Gasteiger partial charge in [-0.2, -0.15) is 4.98 Å². The largest absolute Gasteiger partial charge is 0.508 e. The average Bonchev–Trinajstić information content (AvgIpc) is 3.24. The van der Waals surface area contributed by atoms with Gasteiger partial charge in [0.15, 0.2) is 0 Å². The fraction of sp³-hybridized carbons (Fsp3) is 0.357. The topological polar surface area (TPSA) is 85.8 Å². The van der Waals surface area contributed by atoms with Crippen molar-refractivity contribution < 1.29 is 9.84 Å². The van der Waals surface area contributed by atoms with E-state index in [1.807, 2.05) is 12.1 Å². The van der Waals surface area contributed by atoms with Crippen LogP contribution in [-0.2, 0) is 0 Å². The van der Waals surface area contributed by atoms with Crippen molar-refractivity contribution in [3.8, 4) is 11.5 Å². The number of fused-ring (bicyclic) bond motifs is 1. The smallest absolute Gasteiger partial charge is 0.230 e. The summed E-state index contributed by atoms with van der Waals surface area (Å²) in [6.07, 6.45) is 3.75. The van der Waals surface area contributed by atoms with Crippen LogP contribution in [0.3, 0.4) is 0 Å². The van der Waals surface area contributed by atoms with Gasteiger partial charge in [-0.15, -0.1) is 11.3 Å². The van der Waals surface area contributed by atoms with Crippen LogP contribution in [0, 0.1) is 6.92 Å². The number of benzene rings is 2. The lowest BCUT2D eigenvalue weighted by atomic mass is 9.99. The van der Waals surface area contributed by atoms with E-state index in [-0.39, 0.29) is 5.75 Å². The standard InChI is InChI=1S/C28H32N6O2S/c1-18-17-37-27-25(18)26(29-19-5-3-6-22(35)15-19)31-28(32-27)30-20-7-8-23(24(16-20)36-2)34-13-9-21(10-14-34)33-11-4-12-33/h3,5-8,15-17,21,35H,4,9-14H2,1-2H3,(H2,29,30,31,32). The molecule has 2 aromatic heterocycles. The van der Waals surface area contributed by atoms with Gasteiger partial charge >= 0.3 is 0 Å². The number of aryl methyl sites for hydroxylation is 1. The lowest BCUT2D eigenvalue weighted by molar-refractivity contribution is 0.100. The summed E-state index contributed by atoms with van der Waals surface area (Å²) in [4.78, 5) is 15.5. The lowest BCUT2D eigenvalue weighted by Crippen LogP contribution is -2.50. The van der Waals surface area contributed by atoms with Gasteiger partial charge in [-0.25, -0.2) is 4.98 Å². The van der Waals surface area contributed by atoms with Gasteiger partial charge in [-0.05, 0) is 74.5 Å². The maximum Gasteiger partial charge on any atom is 0.230 e. The second-order valence-corrected chi connectivity index (χ2v) is 10.6. The molecule has 0 unspecified atom stereocenters. The number of aromatic nitrogens is 2. The molecule has 2 aliphatic rings. The minimum absolute atomic E-state index is 0.202. The third kappa shape index (κ3) is 4.89. The third-order valence-electron chi connectivity index (χ3n) is 7.37. The molecule has 4 heterocycles. The van der Waals surface area contributed by atoms with Gasteiger partial charge in [-0.1, -0.05) is 6.07 Å². The Hall–Kier alpha value is -3.56. The van der Waals surface area contributed by atoms with Gasteiger partial charge in [-0.3, -0.25) is 0 Å². The van der Waals surface area contributed by atoms with Crippen molar-refractivity contribution in [2.45, 2.75) is 32.2 Å². The van der Waals surface area contributed by atoms with E-state index in [1.54, 1.807) is 36.6 Å². The Morgan fingerprint density at radius 2 is 1.81 bits per heavy atom. The Morgan fingerprint density at radius 3 is 2.54 bits per heavy atom. The predicted octanol–water partition coefficient (Wildman–Crippen LogP) is 5.88. The second-order valence-electron chi connectivity index (χ2n) is 9.79.